The van der Waals surface area contributed by atoms with Gasteiger partial charge in [0.15, 0.2) is 0 Å². The van der Waals surface area contributed by atoms with E-state index in [0.717, 1.165) is 44.0 Å². The number of rotatable bonds is 6. The van der Waals surface area contributed by atoms with Gasteiger partial charge in [0, 0.05) is 39.8 Å². The van der Waals surface area contributed by atoms with Gasteiger partial charge in [-0.1, -0.05) is 36.4 Å². The summed E-state index contributed by atoms with van der Waals surface area (Å²) in [4.78, 5) is 16.5. The van der Waals surface area contributed by atoms with E-state index < -0.39 is 0 Å². The molecule has 6 heteroatoms. The average molecular weight is 378 g/mol. The van der Waals surface area contributed by atoms with Crippen LogP contribution in [0.2, 0.25) is 0 Å². The number of carbonyl (C=O) groups excluding carboxylic acids is 1. The van der Waals surface area contributed by atoms with Crippen LogP contribution in [0.25, 0.3) is 0 Å². The molecule has 1 N–H and O–H groups in total. The van der Waals surface area contributed by atoms with Gasteiger partial charge >= 0.3 is 6.03 Å². The molecule has 3 rings (SSSR count). The third kappa shape index (κ3) is 5.56. The lowest BCUT2D eigenvalue weighted by Crippen LogP contribution is -2.37. The minimum absolute atomic E-state index is 0.136. The molecule has 1 saturated heterocycles. The first-order valence-electron chi connectivity index (χ1n) is 9.50. The summed E-state index contributed by atoms with van der Waals surface area (Å²) in [6, 6.07) is 17.5. The average Bonchev–Trinajstić information content (AvgIpc) is 2.73. The van der Waals surface area contributed by atoms with E-state index in [9.17, 15) is 4.79 Å². The number of nitrogens with one attached hydrogen (secondary N) is 1. The van der Waals surface area contributed by atoms with Crippen LogP contribution in [0, 0.1) is 11.3 Å². The van der Waals surface area contributed by atoms with E-state index in [2.05, 4.69) is 28.4 Å². The van der Waals surface area contributed by atoms with Crippen molar-refractivity contribution in [3.63, 3.8) is 0 Å². The van der Waals surface area contributed by atoms with E-state index in [1.807, 2.05) is 24.3 Å². The van der Waals surface area contributed by atoms with Crippen LogP contribution in [0.3, 0.4) is 0 Å². The number of nitrogens with zero attached hydrogens (tertiary/aromatic N) is 3. The molecule has 6 nitrogen and oxygen atoms in total. The molecule has 1 fully saturated rings. The minimum atomic E-state index is -0.136. The Kier molecular flexibility index (Phi) is 7.01. The highest BCUT2D eigenvalue weighted by atomic mass is 16.5. The van der Waals surface area contributed by atoms with Gasteiger partial charge in [-0.15, -0.1) is 0 Å². The Hall–Kier alpha value is -2.88. The highest BCUT2D eigenvalue weighted by Gasteiger charge is 2.14. The molecule has 2 aromatic rings. The monoisotopic (exact) mass is 378 g/mol. The first-order chi connectivity index (χ1) is 13.7. The first-order valence-corrected chi connectivity index (χ1v) is 9.50. The Bertz CT molecular complexity index is 840. The fourth-order valence-electron chi connectivity index (χ4n) is 3.28. The van der Waals surface area contributed by atoms with Crippen LogP contribution in [-0.4, -0.2) is 49.2 Å². The standard InChI is InChI=1S/C22H26N4O2/c1-25(16-19-6-4-5-18(13-19)14-23)22(27)24-15-20-7-2-3-8-21(20)17-26-9-11-28-12-10-26/h2-8,13H,9-12,15-17H2,1H3,(H,24,27). The van der Waals surface area contributed by atoms with Gasteiger partial charge < -0.3 is 15.0 Å². The summed E-state index contributed by atoms with van der Waals surface area (Å²) >= 11 is 0. The Labute approximate surface area is 166 Å². The number of hydrogen-bond donors (Lipinski definition) is 1. The number of ether oxygens (including phenoxy) is 1. The molecule has 0 unspecified atom stereocenters. The lowest BCUT2D eigenvalue weighted by atomic mass is 10.1. The van der Waals surface area contributed by atoms with Gasteiger partial charge in [-0.3, -0.25) is 4.90 Å². The molecule has 28 heavy (non-hydrogen) atoms. The number of urea groups is 1. The number of morpholine rings is 1. The summed E-state index contributed by atoms with van der Waals surface area (Å²) in [5.41, 5.74) is 3.89. The maximum atomic E-state index is 12.5. The normalized spacial score (nSPS) is 14.3. The van der Waals surface area contributed by atoms with E-state index in [1.54, 1.807) is 24.1 Å². The smallest absolute Gasteiger partial charge is 0.317 e. The molecule has 1 aliphatic rings. The molecule has 0 spiro atoms. The van der Waals surface area contributed by atoms with Gasteiger partial charge in [-0.2, -0.15) is 5.26 Å². The van der Waals surface area contributed by atoms with Crippen LogP contribution < -0.4 is 5.32 Å². The van der Waals surface area contributed by atoms with E-state index in [4.69, 9.17) is 10.00 Å². The molecule has 146 valence electrons. The Morgan fingerprint density at radius 2 is 1.93 bits per heavy atom. The summed E-state index contributed by atoms with van der Waals surface area (Å²) in [5, 5.41) is 12.0. The van der Waals surface area contributed by atoms with Crippen molar-refractivity contribution >= 4 is 6.03 Å². The Morgan fingerprint density at radius 3 is 2.68 bits per heavy atom. The predicted molar refractivity (Wildman–Crippen MR) is 107 cm³/mol. The molecule has 0 aliphatic carbocycles. The van der Waals surface area contributed by atoms with Gasteiger partial charge in [-0.05, 0) is 28.8 Å². The molecule has 2 amide bonds. The van der Waals surface area contributed by atoms with Crippen LogP contribution >= 0.6 is 0 Å². The third-order valence-electron chi connectivity index (χ3n) is 4.87. The molecular formula is C22H26N4O2. The van der Waals surface area contributed by atoms with Crippen LogP contribution in [-0.2, 0) is 24.4 Å². The van der Waals surface area contributed by atoms with Crippen LogP contribution in [0.1, 0.15) is 22.3 Å². The quantitative estimate of drug-likeness (QED) is 0.839. The highest BCUT2D eigenvalue weighted by molar-refractivity contribution is 5.73. The molecule has 2 aromatic carbocycles. The number of benzene rings is 2. The number of nitriles is 1. The van der Waals surface area contributed by atoms with E-state index in [-0.39, 0.29) is 6.03 Å². The number of carbonyl (C=O) groups is 1. The predicted octanol–water partition coefficient (Wildman–Crippen LogP) is 2.73. The van der Waals surface area contributed by atoms with Crippen molar-refractivity contribution in [1.29, 1.82) is 5.26 Å². The molecule has 0 radical (unpaired) electrons. The summed E-state index contributed by atoms with van der Waals surface area (Å²) in [7, 11) is 1.76. The van der Waals surface area contributed by atoms with Gasteiger partial charge in [0.2, 0.25) is 0 Å². The fourth-order valence-corrected chi connectivity index (χ4v) is 3.28. The van der Waals surface area contributed by atoms with Crippen LogP contribution in [0.5, 0.6) is 0 Å². The molecule has 1 aliphatic heterocycles. The zero-order chi connectivity index (χ0) is 19.8. The molecule has 0 saturated carbocycles. The van der Waals surface area contributed by atoms with Crippen molar-refractivity contribution < 1.29 is 9.53 Å². The van der Waals surface area contributed by atoms with Crippen molar-refractivity contribution in [3.8, 4) is 6.07 Å². The molecular weight excluding hydrogens is 352 g/mol. The number of hydrogen-bond acceptors (Lipinski definition) is 4. The van der Waals surface area contributed by atoms with Gasteiger partial charge in [0.05, 0.1) is 24.8 Å². The lowest BCUT2D eigenvalue weighted by molar-refractivity contribution is 0.0341. The number of amides is 2. The van der Waals surface area contributed by atoms with Crippen molar-refractivity contribution in [2.45, 2.75) is 19.6 Å². The van der Waals surface area contributed by atoms with Crippen LogP contribution in [0.4, 0.5) is 4.79 Å². The highest BCUT2D eigenvalue weighted by Crippen LogP contribution is 2.13. The summed E-state index contributed by atoms with van der Waals surface area (Å²) in [6.07, 6.45) is 0. The second-order valence-corrected chi connectivity index (χ2v) is 6.98. The van der Waals surface area contributed by atoms with E-state index in [0.29, 0.717) is 18.7 Å². The third-order valence-corrected chi connectivity index (χ3v) is 4.87. The van der Waals surface area contributed by atoms with Crippen molar-refractivity contribution in [3.05, 3.63) is 70.8 Å². The van der Waals surface area contributed by atoms with Crippen molar-refractivity contribution in [1.82, 2.24) is 15.1 Å². The molecule has 0 bridgehead atoms. The van der Waals surface area contributed by atoms with Crippen molar-refractivity contribution in [2.24, 2.45) is 0 Å². The van der Waals surface area contributed by atoms with Gasteiger partial charge in [0.1, 0.15) is 0 Å². The molecule has 0 atom stereocenters. The first kappa shape index (κ1) is 19.9. The largest absolute Gasteiger partial charge is 0.379 e. The maximum absolute atomic E-state index is 12.5. The Balaban J connectivity index is 1.55. The Morgan fingerprint density at radius 1 is 1.18 bits per heavy atom. The van der Waals surface area contributed by atoms with Gasteiger partial charge in [-0.25, -0.2) is 4.79 Å². The zero-order valence-corrected chi connectivity index (χ0v) is 16.2. The lowest BCUT2D eigenvalue weighted by Gasteiger charge is -2.27. The second kappa shape index (κ2) is 9.88. The summed E-state index contributed by atoms with van der Waals surface area (Å²) < 4.78 is 5.41. The summed E-state index contributed by atoms with van der Waals surface area (Å²) in [5.74, 6) is 0. The van der Waals surface area contributed by atoms with Crippen molar-refractivity contribution in [2.75, 3.05) is 33.4 Å². The maximum Gasteiger partial charge on any atom is 0.317 e. The van der Waals surface area contributed by atoms with Gasteiger partial charge in [0.25, 0.3) is 0 Å². The zero-order valence-electron chi connectivity index (χ0n) is 16.2. The molecule has 1 heterocycles. The minimum Gasteiger partial charge on any atom is -0.379 e. The van der Waals surface area contributed by atoms with E-state index >= 15 is 0 Å². The summed E-state index contributed by atoms with van der Waals surface area (Å²) in [6.45, 7) is 5.23. The van der Waals surface area contributed by atoms with E-state index in [1.165, 1.54) is 5.56 Å². The SMILES string of the molecule is CN(Cc1cccc(C#N)c1)C(=O)NCc1ccccc1CN1CCOCC1. The van der Waals surface area contributed by atoms with Crippen LogP contribution in [0.15, 0.2) is 48.5 Å². The topological polar surface area (TPSA) is 68.6 Å². The second-order valence-electron chi connectivity index (χ2n) is 6.98. The molecule has 0 aromatic heterocycles. The fraction of sp³-hybridized carbons (Fsp3) is 0.364.